The molecule has 0 aromatic heterocycles. The third-order valence-electron chi connectivity index (χ3n) is 5.54. The number of ether oxygens (including phenoxy) is 2. The van der Waals surface area contributed by atoms with Crippen LogP contribution in [0.4, 0.5) is 0 Å². The first-order valence-electron chi connectivity index (χ1n) is 7.96. The Morgan fingerprint density at radius 1 is 1.36 bits per heavy atom. The van der Waals surface area contributed by atoms with Gasteiger partial charge in [-0.3, -0.25) is 14.4 Å². The molecule has 0 aromatic rings. The normalized spacial score (nSPS) is 40.7. The van der Waals surface area contributed by atoms with Gasteiger partial charge in [0, 0.05) is 25.7 Å². The minimum absolute atomic E-state index is 0.230. The molecule has 2 aliphatic heterocycles. The second-order valence-corrected chi connectivity index (χ2v) is 7.25. The Morgan fingerprint density at radius 3 is 2.73 bits per heavy atom. The molecule has 0 radical (unpaired) electrons. The van der Waals surface area contributed by atoms with Gasteiger partial charge in [0.05, 0.1) is 17.3 Å². The van der Waals surface area contributed by atoms with Gasteiger partial charge in [0.25, 0.3) is 0 Å². The predicted octanol–water partition coefficient (Wildman–Crippen LogP) is 1.90. The van der Waals surface area contributed by atoms with Gasteiger partial charge in [-0.05, 0) is 12.8 Å². The molecule has 0 aromatic carbocycles. The lowest BCUT2D eigenvalue weighted by atomic mass is 9.57. The molecule has 2 saturated carbocycles. The molecule has 2 heterocycles. The number of carbonyl (C=O) groups is 3. The van der Waals surface area contributed by atoms with Crippen LogP contribution in [-0.2, 0) is 23.9 Å². The summed E-state index contributed by atoms with van der Waals surface area (Å²) in [7, 11) is 0. The van der Waals surface area contributed by atoms with Crippen LogP contribution in [0.5, 0.6) is 0 Å². The van der Waals surface area contributed by atoms with Crippen LogP contribution < -0.4 is 0 Å². The topological polar surface area (TPSA) is 89.9 Å². The van der Waals surface area contributed by atoms with E-state index in [0.29, 0.717) is 38.5 Å². The van der Waals surface area contributed by atoms with Crippen molar-refractivity contribution in [2.24, 2.45) is 17.3 Å². The molecule has 1 N–H and O–H groups in total. The Balaban J connectivity index is 1.93. The Kier molecular flexibility index (Phi) is 3.45. The molecule has 2 saturated heterocycles. The Labute approximate surface area is 129 Å². The summed E-state index contributed by atoms with van der Waals surface area (Å²) >= 11 is 0. The molecule has 6 nitrogen and oxygen atoms in total. The van der Waals surface area contributed by atoms with E-state index in [-0.39, 0.29) is 17.9 Å². The van der Waals surface area contributed by atoms with Crippen LogP contribution >= 0.6 is 0 Å². The van der Waals surface area contributed by atoms with Crippen molar-refractivity contribution in [3.05, 3.63) is 0 Å². The van der Waals surface area contributed by atoms with Gasteiger partial charge in [-0.1, -0.05) is 13.8 Å². The number of fused-ring (bicyclic) bond motifs is 1. The highest BCUT2D eigenvalue weighted by Crippen LogP contribution is 2.57. The van der Waals surface area contributed by atoms with Gasteiger partial charge in [-0.2, -0.15) is 0 Å². The standard InChI is InChI=1S/C16H22O6/c1-3-9(2)12(17)22-16-5-10-4-15(8-16,14(19)20)6-11(7-16)21-13(10)18/h9-11H,3-8H2,1-2H3,(H,19,20). The molecule has 5 atom stereocenters. The fourth-order valence-electron chi connectivity index (χ4n) is 4.35. The smallest absolute Gasteiger partial charge is 0.309 e. The van der Waals surface area contributed by atoms with Gasteiger partial charge in [0.1, 0.15) is 11.7 Å². The van der Waals surface area contributed by atoms with Crippen LogP contribution in [0.25, 0.3) is 0 Å². The van der Waals surface area contributed by atoms with Crippen LogP contribution in [0.2, 0.25) is 0 Å². The number of carboxylic acids is 1. The molecule has 4 fully saturated rings. The number of aliphatic carboxylic acids is 1. The maximum Gasteiger partial charge on any atom is 0.309 e. The maximum absolute atomic E-state index is 12.2. The van der Waals surface area contributed by atoms with Crippen LogP contribution in [0.3, 0.4) is 0 Å². The highest BCUT2D eigenvalue weighted by atomic mass is 16.6. The summed E-state index contributed by atoms with van der Waals surface area (Å²) in [6, 6.07) is 0. The molecule has 0 amide bonds. The third kappa shape index (κ3) is 2.29. The minimum atomic E-state index is -1.01. The fraction of sp³-hybridized carbons (Fsp3) is 0.812. The first-order chi connectivity index (χ1) is 10.3. The highest BCUT2D eigenvalue weighted by molar-refractivity contribution is 5.81. The Bertz CT molecular complexity index is 529. The van der Waals surface area contributed by atoms with Crippen molar-refractivity contribution in [1.82, 2.24) is 0 Å². The van der Waals surface area contributed by atoms with Gasteiger partial charge in [0.15, 0.2) is 0 Å². The van der Waals surface area contributed by atoms with Gasteiger partial charge in [-0.25, -0.2) is 0 Å². The van der Waals surface area contributed by atoms with E-state index in [4.69, 9.17) is 9.47 Å². The fourth-order valence-corrected chi connectivity index (χ4v) is 4.35. The van der Waals surface area contributed by atoms with Crippen LogP contribution in [-0.4, -0.2) is 34.7 Å². The first kappa shape index (κ1) is 15.3. The monoisotopic (exact) mass is 310 g/mol. The summed E-state index contributed by atoms with van der Waals surface area (Å²) in [5.74, 6) is -2.27. The lowest BCUT2D eigenvalue weighted by Crippen LogP contribution is -2.56. The SMILES string of the molecule is CCC(C)C(=O)OC12CC3CC(C(=O)O)(CC(C1)C(=O)O3)C2. The molecule has 5 unspecified atom stereocenters. The van der Waals surface area contributed by atoms with Gasteiger partial charge < -0.3 is 14.6 Å². The van der Waals surface area contributed by atoms with Crippen molar-refractivity contribution in [3.8, 4) is 0 Å². The number of esters is 2. The van der Waals surface area contributed by atoms with Gasteiger partial charge >= 0.3 is 17.9 Å². The van der Waals surface area contributed by atoms with Crippen LogP contribution in [0.1, 0.15) is 52.4 Å². The summed E-state index contributed by atoms with van der Waals surface area (Å²) in [4.78, 5) is 36.1. The van der Waals surface area contributed by atoms with Crippen molar-refractivity contribution >= 4 is 17.9 Å². The molecule has 4 aliphatic rings. The van der Waals surface area contributed by atoms with Crippen molar-refractivity contribution in [3.63, 3.8) is 0 Å². The Morgan fingerprint density at radius 2 is 2.09 bits per heavy atom. The van der Waals surface area contributed by atoms with Crippen molar-refractivity contribution < 1.29 is 29.0 Å². The highest BCUT2D eigenvalue weighted by Gasteiger charge is 2.63. The van der Waals surface area contributed by atoms with Crippen molar-refractivity contribution in [2.45, 2.75) is 64.1 Å². The van der Waals surface area contributed by atoms with Crippen molar-refractivity contribution in [1.29, 1.82) is 0 Å². The molecule has 0 spiro atoms. The lowest BCUT2D eigenvalue weighted by molar-refractivity contribution is -0.194. The molecular formula is C16H22O6. The quantitative estimate of drug-likeness (QED) is 0.798. The Hall–Kier alpha value is -1.59. The molecule has 2 aliphatic carbocycles. The maximum atomic E-state index is 12.2. The molecule has 6 heteroatoms. The number of carboxylic acid groups (broad SMARTS) is 1. The largest absolute Gasteiger partial charge is 0.481 e. The number of carbonyl (C=O) groups excluding carboxylic acids is 2. The van der Waals surface area contributed by atoms with Crippen LogP contribution in [0.15, 0.2) is 0 Å². The van der Waals surface area contributed by atoms with Crippen LogP contribution in [0, 0.1) is 17.3 Å². The molecular weight excluding hydrogens is 288 g/mol. The van der Waals surface area contributed by atoms with Gasteiger partial charge in [-0.15, -0.1) is 0 Å². The second-order valence-electron chi connectivity index (χ2n) is 7.25. The summed E-state index contributed by atoms with van der Waals surface area (Å²) in [6.45, 7) is 3.70. The van der Waals surface area contributed by atoms with E-state index in [1.807, 2.05) is 6.92 Å². The average Bonchev–Trinajstić information content (AvgIpc) is 2.59. The van der Waals surface area contributed by atoms with E-state index in [0.717, 1.165) is 0 Å². The summed E-state index contributed by atoms with van der Waals surface area (Å²) in [5.41, 5.74) is -1.87. The zero-order valence-electron chi connectivity index (χ0n) is 13.0. The van der Waals surface area contributed by atoms with E-state index < -0.39 is 29.0 Å². The average molecular weight is 310 g/mol. The van der Waals surface area contributed by atoms with E-state index in [9.17, 15) is 19.5 Å². The van der Waals surface area contributed by atoms with E-state index >= 15 is 0 Å². The number of rotatable bonds is 4. The summed E-state index contributed by atoms with van der Waals surface area (Å²) in [6.07, 6.45) is 1.93. The zero-order chi connectivity index (χ0) is 16.1. The number of hydrogen-bond donors (Lipinski definition) is 1. The predicted molar refractivity (Wildman–Crippen MR) is 74.8 cm³/mol. The summed E-state index contributed by atoms with van der Waals surface area (Å²) in [5, 5.41) is 9.69. The molecule has 22 heavy (non-hydrogen) atoms. The van der Waals surface area contributed by atoms with E-state index in [1.54, 1.807) is 6.92 Å². The van der Waals surface area contributed by atoms with E-state index in [2.05, 4.69) is 0 Å². The first-order valence-corrected chi connectivity index (χ1v) is 7.96. The molecule has 122 valence electrons. The zero-order valence-corrected chi connectivity index (χ0v) is 13.0. The van der Waals surface area contributed by atoms with Gasteiger partial charge in [0.2, 0.25) is 0 Å². The lowest BCUT2D eigenvalue weighted by Gasteiger charge is -2.50. The molecule has 4 rings (SSSR count). The minimum Gasteiger partial charge on any atom is -0.481 e. The number of hydrogen-bond acceptors (Lipinski definition) is 5. The second kappa shape index (κ2) is 4.96. The van der Waals surface area contributed by atoms with E-state index in [1.165, 1.54) is 0 Å². The van der Waals surface area contributed by atoms with Crippen molar-refractivity contribution in [2.75, 3.05) is 0 Å². The molecule has 4 bridgehead atoms. The summed E-state index contributed by atoms with van der Waals surface area (Å²) < 4.78 is 11.2. The third-order valence-corrected chi connectivity index (χ3v) is 5.54.